The molecular formula is C12H24N2. The number of nitrogens with zero attached hydrogens (tertiary/aromatic N) is 1. The molecule has 14 heavy (non-hydrogen) atoms. The number of rotatable bonds is 2. The second kappa shape index (κ2) is 17.7. The van der Waals surface area contributed by atoms with Crippen LogP contribution in [-0.2, 0) is 0 Å². The van der Waals surface area contributed by atoms with Crippen LogP contribution in [0.25, 0.3) is 0 Å². The minimum Gasteiger partial charge on any atom is -0.384 e. The molecule has 0 aromatic carbocycles. The molecule has 0 unspecified atom stereocenters. The van der Waals surface area contributed by atoms with Crippen LogP contribution in [0.5, 0.6) is 0 Å². The molecule has 82 valence electrons. The minimum absolute atomic E-state index is 0.444. The van der Waals surface area contributed by atoms with Gasteiger partial charge in [-0.1, -0.05) is 45.6 Å². The summed E-state index contributed by atoms with van der Waals surface area (Å²) in [6, 6.07) is 0. The third-order valence-corrected chi connectivity index (χ3v) is 0.816. The highest BCUT2D eigenvalue weighted by molar-refractivity contribution is 5.98. The van der Waals surface area contributed by atoms with E-state index in [9.17, 15) is 0 Å². The van der Waals surface area contributed by atoms with Crippen molar-refractivity contribution < 1.29 is 0 Å². The molecule has 0 spiro atoms. The summed E-state index contributed by atoms with van der Waals surface area (Å²) < 4.78 is 0. The maximum atomic E-state index is 5.31. The second-order valence-electron chi connectivity index (χ2n) is 2.45. The van der Waals surface area contributed by atoms with Crippen LogP contribution in [0.2, 0.25) is 0 Å². The minimum atomic E-state index is 0.444. The van der Waals surface area contributed by atoms with Crippen molar-refractivity contribution in [3.63, 3.8) is 0 Å². The Kier molecular flexibility index (Phi) is 23.3. The zero-order valence-electron chi connectivity index (χ0n) is 10.0. The Morgan fingerprint density at radius 1 is 1.36 bits per heavy atom. The molecule has 0 aromatic heterocycles. The fourth-order valence-corrected chi connectivity index (χ4v) is 0.248. The van der Waals surface area contributed by atoms with Gasteiger partial charge in [-0.3, -0.25) is 4.99 Å². The van der Waals surface area contributed by atoms with Crippen molar-refractivity contribution in [3.05, 3.63) is 37.5 Å². The average Bonchev–Trinajstić information content (AvgIpc) is 2.18. The summed E-state index contributed by atoms with van der Waals surface area (Å²) in [7, 11) is 1.62. The predicted octanol–water partition coefficient (Wildman–Crippen LogP) is 3.32. The molecule has 0 aliphatic heterocycles. The Morgan fingerprint density at radius 3 is 1.71 bits per heavy atom. The topological polar surface area (TPSA) is 38.4 Å². The van der Waals surface area contributed by atoms with E-state index in [-0.39, 0.29) is 0 Å². The van der Waals surface area contributed by atoms with Gasteiger partial charge in [-0.15, -0.1) is 6.58 Å². The summed E-state index contributed by atoms with van der Waals surface area (Å²) in [5.41, 5.74) is 5.98. The molecule has 2 nitrogen and oxygen atoms in total. The molecule has 2 heteroatoms. The lowest BCUT2D eigenvalue weighted by atomic mass is 10.3. The first-order valence-electron chi connectivity index (χ1n) is 4.66. The Labute approximate surface area is 88.9 Å². The van der Waals surface area contributed by atoms with E-state index >= 15 is 0 Å². The Balaban J connectivity index is -0.000000168. The van der Waals surface area contributed by atoms with Crippen LogP contribution in [0.1, 0.15) is 27.2 Å². The molecule has 0 heterocycles. The van der Waals surface area contributed by atoms with Gasteiger partial charge in [0.2, 0.25) is 0 Å². The van der Waals surface area contributed by atoms with E-state index < -0.39 is 0 Å². The van der Waals surface area contributed by atoms with Gasteiger partial charge < -0.3 is 5.73 Å². The molecule has 0 saturated heterocycles. The van der Waals surface area contributed by atoms with Gasteiger partial charge in [0.15, 0.2) is 0 Å². The van der Waals surface area contributed by atoms with Crippen LogP contribution >= 0.6 is 0 Å². The second-order valence-corrected chi connectivity index (χ2v) is 2.45. The van der Waals surface area contributed by atoms with Crippen molar-refractivity contribution in [1.29, 1.82) is 0 Å². The molecular weight excluding hydrogens is 172 g/mol. The highest BCUT2D eigenvalue weighted by Gasteiger charge is 1.87. The van der Waals surface area contributed by atoms with Gasteiger partial charge in [0.1, 0.15) is 5.84 Å². The van der Waals surface area contributed by atoms with E-state index in [1.807, 2.05) is 6.92 Å². The van der Waals surface area contributed by atoms with E-state index in [1.54, 1.807) is 19.2 Å². The molecule has 0 amide bonds. The van der Waals surface area contributed by atoms with Gasteiger partial charge in [0, 0.05) is 12.6 Å². The van der Waals surface area contributed by atoms with Crippen molar-refractivity contribution >= 4 is 5.84 Å². The van der Waals surface area contributed by atoms with Crippen molar-refractivity contribution in [2.45, 2.75) is 27.2 Å². The van der Waals surface area contributed by atoms with Crippen molar-refractivity contribution in [3.8, 4) is 0 Å². The normalized spacial score (nSPS) is 8.43. The van der Waals surface area contributed by atoms with E-state index in [1.165, 1.54) is 6.42 Å². The highest BCUT2D eigenvalue weighted by atomic mass is 14.8. The number of allylic oxidation sites excluding steroid dienone is 1. The van der Waals surface area contributed by atoms with Gasteiger partial charge in [-0.2, -0.15) is 0 Å². The van der Waals surface area contributed by atoms with Crippen molar-refractivity contribution in [1.82, 2.24) is 0 Å². The van der Waals surface area contributed by atoms with Crippen LogP contribution in [-0.4, -0.2) is 12.9 Å². The average molecular weight is 196 g/mol. The monoisotopic (exact) mass is 196 g/mol. The predicted molar refractivity (Wildman–Crippen MR) is 68.7 cm³/mol. The van der Waals surface area contributed by atoms with Crippen molar-refractivity contribution in [2.24, 2.45) is 10.7 Å². The highest BCUT2D eigenvalue weighted by Crippen LogP contribution is 1.87. The van der Waals surface area contributed by atoms with Crippen LogP contribution in [0.4, 0.5) is 0 Å². The molecule has 0 aliphatic carbocycles. The van der Waals surface area contributed by atoms with Crippen molar-refractivity contribution in [2.75, 3.05) is 7.05 Å². The number of hydrogen-bond acceptors (Lipinski definition) is 1. The molecule has 0 saturated carbocycles. The number of hydrogen-bond donors (Lipinski definition) is 1. The lowest BCUT2D eigenvalue weighted by Crippen LogP contribution is -2.11. The molecule has 0 aliphatic rings. The summed E-state index contributed by atoms with van der Waals surface area (Å²) in [5.74, 6) is 0.444. The lowest BCUT2D eigenvalue weighted by Gasteiger charge is -1.93. The number of amidine groups is 1. The third-order valence-electron chi connectivity index (χ3n) is 0.816. The first kappa shape index (κ1) is 18.5. The molecule has 0 bridgehead atoms. The van der Waals surface area contributed by atoms with E-state index in [0.29, 0.717) is 11.4 Å². The molecule has 2 N–H and O–H groups in total. The third kappa shape index (κ3) is 22.4. The molecule has 0 aromatic rings. The van der Waals surface area contributed by atoms with E-state index in [0.717, 1.165) is 0 Å². The van der Waals surface area contributed by atoms with Gasteiger partial charge >= 0.3 is 0 Å². The maximum absolute atomic E-state index is 5.31. The molecule has 0 atom stereocenters. The molecule has 0 radical (unpaired) electrons. The van der Waals surface area contributed by atoms with E-state index in [2.05, 4.69) is 38.6 Å². The van der Waals surface area contributed by atoms with Crippen LogP contribution < -0.4 is 5.73 Å². The smallest absolute Gasteiger partial charge is 0.124 e. The maximum Gasteiger partial charge on any atom is 0.124 e. The number of aliphatic imine (C=N–C) groups is 1. The standard InChI is InChI=1S/C6H10N2.C3H8.C3H6/c1-4-5(2)6(7)8-3;2*1-3-2/h4H,1-2H2,3H3,(H2,7,8);3H2,1-2H3;3H,1H2,2H3. The molecule has 0 rings (SSSR count). The Bertz CT molecular complexity index is 179. The van der Waals surface area contributed by atoms with Gasteiger partial charge in [-0.25, -0.2) is 0 Å². The summed E-state index contributed by atoms with van der Waals surface area (Å²) in [4.78, 5) is 3.68. The van der Waals surface area contributed by atoms with Gasteiger partial charge in [0.25, 0.3) is 0 Å². The SMILES string of the molecule is C=CC.C=CC(=C)C(N)=NC.CCC. The summed E-state index contributed by atoms with van der Waals surface area (Å²) in [6.45, 7) is 16.5. The summed E-state index contributed by atoms with van der Waals surface area (Å²) >= 11 is 0. The Hall–Kier alpha value is -1.31. The zero-order valence-corrected chi connectivity index (χ0v) is 10.0. The lowest BCUT2D eigenvalue weighted by molar-refractivity contribution is 1.09. The van der Waals surface area contributed by atoms with Crippen LogP contribution in [0, 0.1) is 0 Å². The first-order chi connectivity index (χ1) is 6.55. The summed E-state index contributed by atoms with van der Waals surface area (Å²) in [5, 5.41) is 0. The van der Waals surface area contributed by atoms with Gasteiger partial charge in [0.05, 0.1) is 0 Å². The van der Waals surface area contributed by atoms with Crippen LogP contribution in [0.3, 0.4) is 0 Å². The largest absolute Gasteiger partial charge is 0.384 e. The fraction of sp³-hybridized carbons (Fsp3) is 0.417. The number of nitrogens with two attached hydrogens (primary N) is 1. The van der Waals surface area contributed by atoms with E-state index in [4.69, 9.17) is 5.73 Å². The fourth-order valence-electron chi connectivity index (χ4n) is 0.248. The zero-order chi connectivity index (χ0) is 12.0. The quantitative estimate of drug-likeness (QED) is 0.313. The summed E-state index contributed by atoms with van der Waals surface area (Å²) in [6.07, 6.45) is 4.57. The first-order valence-corrected chi connectivity index (χ1v) is 4.66. The Morgan fingerprint density at radius 2 is 1.64 bits per heavy atom. The van der Waals surface area contributed by atoms with Crippen LogP contribution in [0.15, 0.2) is 42.5 Å². The molecule has 0 fully saturated rings. The van der Waals surface area contributed by atoms with Gasteiger partial charge in [-0.05, 0) is 6.92 Å².